The minimum Gasteiger partial charge on any atom is -0.478 e. The Labute approximate surface area is 288 Å². The number of hydrogen-bond donors (Lipinski definition) is 4. The lowest BCUT2D eigenvalue weighted by Crippen LogP contribution is -2.44. The van der Waals surface area contributed by atoms with Crippen LogP contribution in [0.3, 0.4) is 0 Å². The number of para-hydroxylation sites is 1. The number of rotatable bonds is 11. The van der Waals surface area contributed by atoms with Gasteiger partial charge in [-0.25, -0.2) is 19.2 Å². The fraction of sp³-hybridized carbons (Fsp3) is 0.250. The first-order chi connectivity index (χ1) is 23.4. The van der Waals surface area contributed by atoms with Gasteiger partial charge in [-0.05, 0) is 56.8 Å². The van der Waals surface area contributed by atoms with Gasteiger partial charge < -0.3 is 35.1 Å². The van der Waals surface area contributed by atoms with Crippen LogP contribution in [-0.2, 0) is 19.2 Å². The topological polar surface area (TPSA) is 176 Å². The van der Waals surface area contributed by atoms with Gasteiger partial charge in [0.2, 0.25) is 0 Å². The number of likely N-dealkylation sites (N-methyl/N-ethyl adjacent to an activating group) is 1. The molecule has 1 fully saturated rings. The van der Waals surface area contributed by atoms with Gasteiger partial charge in [-0.3, -0.25) is 4.79 Å². The van der Waals surface area contributed by atoms with Gasteiger partial charge in [0.05, 0.1) is 11.4 Å². The second-order valence-electron chi connectivity index (χ2n) is 11.0. The molecule has 1 saturated heterocycles. The molecule has 12 nitrogen and oxygen atoms in total. The number of piperazine rings is 1. The molecule has 13 heteroatoms. The molecule has 0 atom stereocenters. The van der Waals surface area contributed by atoms with Crippen LogP contribution < -0.4 is 4.90 Å². The molecule has 5 rings (SSSR count). The molecule has 3 aromatic carbocycles. The molecular weight excluding hydrogens is 650 g/mol. The van der Waals surface area contributed by atoms with E-state index in [4.69, 9.17) is 20.4 Å². The van der Waals surface area contributed by atoms with Crippen LogP contribution in [0.25, 0.3) is 0 Å². The lowest BCUT2D eigenvalue weighted by Gasteiger charge is -2.34. The maximum Gasteiger partial charge on any atom is 0.328 e. The van der Waals surface area contributed by atoms with Crippen molar-refractivity contribution in [2.45, 2.75) is 22.6 Å². The number of aliphatic carboxylic acids is 4. The highest BCUT2D eigenvalue weighted by Crippen LogP contribution is 2.48. The molecule has 0 amide bonds. The predicted molar refractivity (Wildman–Crippen MR) is 186 cm³/mol. The maximum atomic E-state index is 13.1. The molecule has 258 valence electrons. The molecule has 3 aromatic rings. The van der Waals surface area contributed by atoms with Gasteiger partial charge in [-0.15, -0.1) is 0 Å². The fourth-order valence-electron chi connectivity index (χ4n) is 4.93. The molecule has 0 aromatic heterocycles. The smallest absolute Gasteiger partial charge is 0.328 e. The highest BCUT2D eigenvalue weighted by Gasteiger charge is 2.24. The first-order valence-electron chi connectivity index (χ1n) is 15.4. The van der Waals surface area contributed by atoms with Crippen LogP contribution in [-0.4, -0.2) is 106 Å². The van der Waals surface area contributed by atoms with Gasteiger partial charge in [0.15, 0.2) is 5.78 Å². The van der Waals surface area contributed by atoms with Crippen molar-refractivity contribution >= 4 is 52.8 Å². The average Bonchev–Trinajstić information content (AvgIpc) is 3.09. The van der Waals surface area contributed by atoms with E-state index in [9.17, 15) is 24.0 Å². The number of carbonyl (C=O) groups excluding carboxylic acids is 1. The number of unbranched alkanes of at least 4 members (excludes halogenated alkanes) is 1. The Morgan fingerprint density at radius 3 is 1.69 bits per heavy atom. The SMILES string of the molecule is CN1CCN(CCCCN2c3ccccc3Sc3ccc(C(=O)c4ccccc4)cc32)CC1.O=C(O)/C=C\C(=O)O.O=C(O)/C=C\C(=O)O. The van der Waals surface area contributed by atoms with Crippen LogP contribution >= 0.6 is 11.8 Å². The lowest BCUT2D eigenvalue weighted by molar-refractivity contribution is -0.134. The second kappa shape index (κ2) is 19.5. The lowest BCUT2D eigenvalue weighted by atomic mass is 10.0. The molecule has 0 spiro atoms. The summed E-state index contributed by atoms with van der Waals surface area (Å²) in [5.41, 5.74) is 3.89. The zero-order valence-electron chi connectivity index (χ0n) is 27.0. The van der Waals surface area contributed by atoms with Gasteiger partial charge in [0.1, 0.15) is 0 Å². The Hall–Kier alpha value is -5.24. The monoisotopic (exact) mass is 689 g/mol. The Morgan fingerprint density at radius 2 is 1.12 bits per heavy atom. The first-order valence-corrected chi connectivity index (χ1v) is 16.2. The van der Waals surface area contributed by atoms with Crippen molar-refractivity contribution in [2.75, 3.05) is 51.2 Å². The van der Waals surface area contributed by atoms with Gasteiger partial charge in [0, 0.05) is 77.9 Å². The van der Waals surface area contributed by atoms with Crippen LogP contribution in [0.5, 0.6) is 0 Å². The third-order valence-corrected chi connectivity index (χ3v) is 8.49. The summed E-state index contributed by atoms with van der Waals surface area (Å²) in [5.74, 6) is -4.95. The number of ketones is 1. The highest BCUT2D eigenvalue weighted by molar-refractivity contribution is 7.99. The first kappa shape index (κ1) is 38.2. The van der Waals surface area contributed by atoms with Gasteiger partial charge in [-0.1, -0.05) is 54.2 Å². The van der Waals surface area contributed by atoms with Crippen molar-refractivity contribution in [3.05, 3.63) is 108 Å². The molecule has 0 bridgehead atoms. The zero-order chi connectivity index (χ0) is 35.8. The highest BCUT2D eigenvalue weighted by atomic mass is 32.2. The van der Waals surface area contributed by atoms with Crippen LogP contribution in [0, 0.1) is 0 Å². The Morgan fingerprint density at radius 1 is 0.612 bits per heavy atom. The van der Waals surface area contributed by atoms with Crippen LogP contribution in [0.2, 0.25) is 0 Å². The van der Waals surface area contributed by atoms with E-state index in [2.05, 4.69) is 58.1 Å². The molecule has 49 heavy (non-hydrogen) atoms. The molecule has 0 unspecified atom stereocenters. The van der Waals surface area contributed by atoms with E-state index in [1.165, 1.54) is 48.1 Å². The zero-order valence-corrected chi connectivity index (χ0v) is 27.8. The van der Waals surface area contributed by atoms with E-state index >= 15 is 0 Å². The summed E-state index contributed by atoms with van der Waals surface area (Å²) in [7, 11) is 2.21. The fourth-order valence-corrected chi connectivity index (χ4v) is 6.01. The van der Waals surface area contributed by atoms with E-state index in [1.807, 2.05) is 36.4 Å². The molecular formula is C36H39N3O9S. The van der Waals surface area contributed by atoms with Crippen LogP contribution in [0.4, 0.5) is 11.4 Å². The summed E-state index contributed by atoms with van der Waals surface area (Å²) >= 11 is 1.80. The third kappa shape index (κ3) is 13.1. The van der Waals surface area contributed by atoms with Crippen molar-refractivity contribution in [1.82, 2.24) is 9.80 Å². The van der Waals surface area contributed by atoms with Crippen molar-refractivity contribution in [3.63, 3.8) is 0 Å². The van der Waals surface area contributed by atoms with Crippen LogP contribution in [0.15, 0.2) is 107 Å². The van der Waals surface area contributed by atoms with Crippen molar-refractivity contribution in [1.29, 1.82) is 0 Å². The molecule has 2 aliphatic rings. The molecule has 0 radical (unpaired) electrons. The predicted octanol–water partition coefficient (Wildman–Crippen LogP) is 4.97. The van der Waals surface area contributed by atoms with Crippen molar-refractivity contribution < 1.29 is 44.4 Å². The second-order valence-corrected chi connectivity index (χ2v) is 12.1. The Bertz CT molecular complexity index is 1600. The molecule has 2 heterocycles. The van der Waals surface area contributed by atoms with E-state index in [0.717, 1.165) is 36.3 Å². The third-order valence-electron chi connectivity index (χ3n) is 7.36. The number of benzene rings is 3. The van der Waals surface area contributed by atoms with Gasteiger partial charge in [-0.2, -0.15) is 0 Å². The molecule has 0 saturated carbocycles. The minimum absolute atomic E-state index is 0.0808. The summed E-state index contributed by atoms with van der Waals surface area (Å²) in [6, 6.07) is 24.4. The van der Waals surface area contributed by atoms with E-state index < -0.39 is 23.9 Å². The summed E-state index contributed by atoms with van der Waals surface area (Å²) in [6.45, 7) is 6.81. The standard InChI is InChI=1S/C28H31N3OS.2C4H4O4/c1-29-17-19-30(20-18-29)15-7-8-16-31-24-11-5-6-12-26(24)33-27-14-13-23(21-25(27)31)28(32)22-9-3-2-4-10-22;2*5-3(6)1-2-4(7)8/h2-6,9-14,21H,7-8,15-20H2,1H3;2*1-2H,(H,5,6)(H,7,8)/b;2*2-1-. The minimum atomic E-state index is -1.26. The number of anilines is 2. The van der Waals surface area contributed by atoms with E-state index in [-0.39, 0.29) is 5.78 Å². The summed E-state index contributed by atoms with van der Waals surface area (Å²) in [5, 5.41) is 31.2. The summed E-state index contributed by atoms with van der Waals surface area (Å²) in [4.78, 5) is 61.2. The van der Waals surface area contributed by atoms with Crippen LogP contribution in [0.1, 0.15) is 28.8 Å². The number of carbonyl (C=O) groups is 5. The van der Waals surface area contributed by atoms with Gasteiger partial charge >= 0.3 is 23.9 Å². The summed E-state index contributed by atoms with van der Waals surface area (Å²) in [6.07, 6.45) is 4.55. The molecule has 2 aliphatic heterocycles. The Kier molecular flexibility index (Phi) is 15.2. The molecule has 0 aliphatic carbocycles. The summed E-state index contributed by atoms with van der Waals surface area (Å²) < 4.78 is 0. The number of hydrogen-bond acceptors (Lipinski definition) is 9. The number of nitrogens with zero attached hydrogens (tertiary/aromatic N) is 3. The number of carboxylic acid groups (broad SMARTS) is 4. The largest absolute Gasteiger partial charge is 0.478 e. The van der Waals surface area contributed by atoms with Crippen molar-refractivity contribution in [2.24, 2.45) is 0 Å². The Balaban J connectivity index is 0.000000338. The maximum absolute atomic E-state index is 13.1. The van der Waals surface area contributed by atoms with E-state index in [0.29, 0.717) is 24.3 Å². The van der Waals surface area contributed by atoms with E-state index in [1.54, 1.807) is 11.8 Å². The van der Waals surface area contributed by atoms with Crippen molar-refractivity contribution in [3.8, 4) is 0 Å². The quantitative estimate of drug-likeness (QED) is 0.121. The average molecular weight is 690 g/mol. The number of fused-ring (bicyclic) bond motifs is 2. The van der Waals surface area contributed by atoms with Gasteiger partial charge in [0.25, 0.3) is 0 Å². The normalized spacial score (nSPS) is 14.1. The number of carboxylic acids is 4. The molecule has 4 N–H and O–H groups in total.